The fourth-order valence-corrected chi connectivity index (χ4v) is 3.53. The zero-order chi connectivity index (χ0) is 17.6. The minimum Gasteiger partial charge on any atom is -0.497 e. The number of Topliss-reactive ketones (excluding diaryl/α,β-unsaturated/α-hetero) is 1. The predicted octanol–water partition coefficient (Wildman–Crippen LogP) is 4.59. The van der Waals surface area contributed by atoms with E-state index in [0.29, 0.717) is 5.75 Å². The second-order valence-corrected chi connectivity index (χ2v) is 6.62. The molecule has 4 nitrogen and oxygen atoms in total. The van der Waals surface area contributed by atoms with Crippen LogP contribution in [-0.2, 0) is 0 Å². The van der Waals surface area contributed by atoms with Crippen LogP contribution in [0.4, 0.5) is 10.1 Å². The van der Waals surface area contributed by atoms with Crippen molar-refractivity contribution >= 4 is 45.4 Å². The van der Waals surface area contributed by atoms with Crippen molar-refractivity contribution < 1.29 is 13.9 Å². The van der Waals surface area contributed by atoms with E-state index in [1.165, 1.54) is 19.2 Å². The van der Waals surface area contributed by atoms with Gasteiger partial charge in [0.2, 0.25) is 0 Å². The monoisotopic (exact) mass is 438 g/mol. The van der Waals surface area contributed by atoms with Gasteiger partial charge in [-0.1, -0.05) is 30.0 Å². The Bertz CT molecular complexity index is 786. The number of halogens is 2. The molecule has 0 N–H and O–H groups in total. The first kappa shape index (κ1) is 20.5. The molecular weight excluding hydrogens is 419 g/mol. The molecule has 0 saturated heterocycles. The molecule has 0 atom stereocenters. The van der Waals surface area contributed by atoms with Crippen LogP contribution in [-0.4, -0.2) is 36.9 Å². The van der Waals surface area contributed by atoms with E-state index in [2.05, 4.69) is 4.99 Å². The highest BCUT2D eigenvalue weighted by atomic mass is 79.9. The number of nitrogens with zero attached hydrogens (tertiary/aromatic N) is 2. The number of thioether (sulfide) groups is 1. The topological polar surface area (TPSA) is 41.9 Å². The summed E-state index contributed by atoms with van der Waals surface area (Å²) in [4.78, 5) is 19.1. The number of para-hydroxylation sites is 1. The van der Waals surface area contributed by atoms with Crippen LogP contribution in [0, 0.1) is 5.82 Å². The fourth-order valence-electron chi connectivity index (χ4n) is 2.57. The number of rotatable bonds is 5. The van der Waals surface area contributed by atoms with E-state index < -0.39 is 5.82 Å². The molecule has 0 bridgehead atoms. The second kappa shape index (κ2) is 9.73. The second-order valence-electron chi connectivity index (χ2n) is 5.56. The van der Waals surface area contributed by atoms with Crippen LogP contribution in [0.5, 0.6) is 5.75 Å². The van der Waals surface area contributed by atoms with Gasteiger partial charge in [-0.25, -0.2) is 4.39 Å². The lowest BCUT2D eigenvalue weighted by Crippen LogP contribution is -2.35. The number of hydrogen-bond acceptors (Lipinski definition) is 5. The molecule has 0 saturated carbocycles. The molecule has 0 fully saturated rings. The Morgan fingerprint density at radius 2 is 2.04 bits per heavy atom. The van der Waals surface area contributed by atoms with E-state index in [4.69, 9.17) is 4.74 Å². The number of carbonyl (C=O) groups is 1. The Morgan fingerprint density at radius 3 is 2.65 bits per heavy atom. The molecular formula is C19H20BrFN2O2S. The van der Waals surface area contributed by atoms with E-state index in [0.717, 1.165) is 29.6 Å². The molecule has 0 radical (unpaired) electrons. The van der Waals surface area contributed by atoms with Gasteiger partial charge in [-0.2, -0.15) is 0 Å². The molecule has 3 rings (SSSR count). The van der Waals surface area contributed by atoms with Crippen LogP contribution >= 0.6 is 28.7 Å². The first-order valence-electron chi connectivity index (χ1n) is 8.05. The van der Waals surface area contributed by atoms with Crippen LogP contribution in [0.2, 0.25) is 0 Å². The smallest absolute Gasteiger partial charge is 0.185 e. The number of carbonyl (C=O) groups excluding carboxylic acids is 1. The number of benzene rings is 2. The van der Waals surface area contributed by atoms with E-state index in [1.54, 1.807) is 17.8 Å². The lowest BCUT2D eigenvalue weighted by molar-refractivity contribution is 0.0998. The number of anilines is 1. The first-order chi connectivity index (χ1) is 12.2. The largest absolute Gasteiger partial charge is 0.497 e. The van der Waals surface area contributed by atoms with Gasteiger partial charge in [0, 0.05) is 24.1 Å². The Hall–Kier alpha value is -1.86. The molecule has 0 aromatic heterocycles. The van der Waals surface area contributed by atoms with Gasteiger partial charge in [0.1, 0.15) is 11.6 Å². The molecule has 1 heterocycles. The van der Waals surface area contributed by atoms with E-state index in [9.17, 15) is 9.18 Å². The standard InChI is InChI=1S/C19H19FN2O2S.BrH/c1-24-15-8-9-16(17(20)12-15)18(23)13-22(14-6-3-2-4-7-14)19-21-10-5-11-25-19;/h2-4,6-9,12H,5,10-11,13H2,1H3;1H. The van der Waals surface area contributed by atoms with E-state index in [1.807, 2.05) is 35.2 Å². The fraction of sp³-hybridized carbons (Fsp3) is 0.263. The van der Waals surface area contributed by atoms with Gasteiger partial charge in [-0.3, -0.25) is 9.79 Å². The molecule has 0 unspecified atom stereocenters. The molecule has 2 aromatic carbocycles. The highest BCUT2D eigenvalue weighted by Crippen LogP contribution is 2.24. The SMILES string of the molecule is Br.COc1ccc(C(=O)CN(C2=NCCCS2)c2ccccc2)c(F)c1. The van der Waals surface area contributed by atoms with Gasteiger partial charge in [0.25, 0.3) is 0 Å². The summed E-state index contributed by atoms with van der Waals surface area (Å²) in [5, 5.41) is 0.805. The Labute approximate surface area is 167 Å². The van der Waals surface area contributed by atoms with Crippen LogP contribution < -0.4 is 9.64 Å². The van der Waals surface area contributed by atoms with Gasteiger partial charge < -0.3 is 9.64 Å². The van der Waals surface area contributed by atoms with Gasteiger partial charge in [-0.15, -0.1) is 17.0 Å². The van der Waals surface area contributed by atoms with Gasteiger partial charge >= 0.3 is 0 Å². The molecule has 26 heavy (non-hydrogen) atoms. The van der Waals surface area contributed by atoms with Gasteiger partial charge in [0.05, 0.1) is 19.2 Å². The van der Waals surface area contributed by atoms with Crippen LogP contribution in [0.1, 0.15) is 16.8 Å². The van der Waals surface area contributed by atoms with Crippen molar-refractivity contribution in [2.24, 2.45) is 4.99 Å². The minimum atomic E-state index is -0.574. The molecule has 1 aliphatic heterocycles. The number of aliphatic imine (C=N–C) groups is 1. The number of hydrogen-bond donors (Lipinski definition) is 0. The van der Waals surface area contributed by atoms with Crippen molar-refractivity contribution in [2.75, 3.05) is 30.9 Å². The molecule has 1 aliphatic rings. The zero-order valence-corrected chi connectivity index (χ0v) is 16.9. The third-order valence-corrected chi connectivity index (χ3v) is 4.96. The Morgan fingerprint density at radius 1 is 1.27 bits per heavy atom. The lowest BCUT2D eigenvalue weighted by Gasteiger charge is -2.27. The van der Waals surface area contributed by atoms with Crippen LogP contribution in [0.25, 0.3) is 0 Å². The number of ketones is 1. The summed E-state index contributed by atoms with van der Waals surface area (Å²) in [5.41, 5.74) is 0.932. The minimum absolute atomic E-state index is 0. The third-order valence-electron chi connectivity index (χ3n) is 3.86. The van der Waals surface area contributed by atoms with Crippen molar-refractivity contribution in [3.63, 3.8) is 0 Å². The zero-order valence-electron chi connectivity index (χ0n) is 14.4. The first-order valence-corrected chi connectivity index (χ1v) is 9.04. The summed E-state index contributed by atoms with van der Waals surface area (Å²) < 4.78 is 19.2. The maximum atomic E-state index is 14.2. The average molecular weight is 439 g/mol. The maximum absolute atomic E-state index is 14.2. The quantitative estimate of drug-likeness (QED) is 0.639. The molecule has 0 amide bonds. The van der Waals surface area contributed by atoms with E-state index >= 15 is 0 Å². The molecule has 2 aromatic rings. The maximum Gasteiger partial charge on any atom is 0.185 e. The van der Waals surface area contributed by atoms with Crippen molar-refractivity contribution in [3.05, 3.63) is 59.9 Å². The van der Waals surface area contributed by atoms with Crippen molar-refractivity contribution in [2.45, 2.75) is 6.42 Å². The summed E-state index contributed by atoms with van der Waals surface area (Å²) in [6.45, 7) is 0.788. The molecule has 7 heteroatoms. The summed E-state index contributed by atoms with van der Waals surface area (Å²) in [5.74, 6) is 0.488. The Kier molecular flexibility index (Phi) is 7.66. The lowest BCUT2D eigenvalue weighted by atomic mass is 10.1. The molecule has 0 aliphatic carbocycles. The highest BCUT2D eigenvalue weighted by Gasteiger charge is 2.22. The normalized spacial score (nSPS) is 13.4. The molecule has 138 valence electrons. The van der Waals surface area contributed by atoms with E-state index in [-0.39, 0.29) is 34.9 Å². The highest BCUT2D eigenvalue weighted by molar-refractivity contribution is 8.93. The van der Waals surface area contributed by atoms with Crippen LogP contribution in [0.15, 0.2) is 53.5 Å². The van der Waals surface area contributed by atoms with Crippen molar-refractivity contribution in [3.8, 4) is 5.75 Å². The number of methoxy groups -OCH3 is 1. The van der Waals surface area contributed by atoms with Crippen LogP contribution in [0.3, 0.4) is 0 Å². The average Bonchev–Trinajstić information content (AvgIpc) is 2.67. The van der Waals surface area contributed by atoms with Crippen molar-refractivity contribution in [1.29, 1.82) is 0 Å². The van der Waals surface area contributed by atoms with Crippen molar-refractivity contribution in [1.82, 2.24) is 0 Å². The summed E-state index contributed by atoms with van der Waals surface area (Å²) in [6.07, 6.45) is 1.03. The summed E-state index contributed by atoms with van der Waals surface area (Å²) in [6, 6.07) is 13.9. The van der Waals surface area contributed by atoms with Gasteiger partial charge in [-0.05, 0) is 30.7 Å². The summed E-state index contributed by atoms with van der Waals surface area (Å²) >= 11 is 1.62. The molecule has 0 spiro atoms. The third kappa shape index (κ3) is 4.86. The number of amidine groups is 1. The number of ether oxygens (including phenoxy) is 1. The van der Waals surface area contributed by atoms with Gasteiger partial charge in [0.15, 0.2) is 11.0 Å². The Balaban J connectivity index is 0.00000243. The predicted molar refractivity (Wildman–Crippen MR) is 111 cm³/mol. The summed E-state index contributed by atoms with van der Waals surface area (Å²) in [7, 11) is 1.46.